The van der Waals surface area contributed by atoms with Crippen molar-refractivity contribution >= 4 is 11.1 Å². The predicted molar refractivity (Wildman–Crippen MR) is 72.9 cm³/mol. The summed E-state index contributed by atoms with van der Waals surface area (Å²) in [5.41, 5.74) is 1.28. The van der Waals surface area contributed by atoms with E-state index in [1.807, 2.05) is 31.2 Å². The van der Waals surface area contributed by atoms with E-state index in [2.05, 4.69) is 5.32 Å². The van der Waals surface area contributed by atoms with E-state index >= 15 is 0 Å². The standard InChI is InChI=1S/C14H19NO3S/c1-11-2-4-12(5-3-11)19(16)18-13-14(10-15-13)6-8-17-9-7-14/h2-5,13,15H,6-10H2,1H3. The molecule has 2 fully saturated rings. The van der Waals surface area contributed by atoms with Gasteiger partial charge in [-0.15, -0.1) is 0 Å². The second kappa shape index (κ2) is 5.32. The molecule has 2 heterocycles. The highest BCUT2D eigenvalue weighted by molar-refractivity contribution is 7.80. The first-order valence-electron chi connectivity index (χ1n) is 6.66. The topological polar surface area (TPSA) is 47.6 Å². The minimum absolute atomic E-state index is 0.112. The molecule has 0 saturated carbocycles. The first-order chi connectivity index (χ1) is 9.20. The van der Waals surface area contributed by atoms with Crippen LogP contribution < -0.4 is 5.32 Å². The van der Waals surface area contributed by atoms with E-state index < -0.39 is 11.1 Å². The van der Waals surface area contributed by atoms with E-state index in [-0.39, 0.29) is 11.6 Å². The van der Waals surface area contributed by atoms with Crippen LogP contribution in [0.2, 0.25) is 0 Å². The van der Waals surface area contributed by atoms with Crippen molar-refractivity contribution in [1.29, 1.82) is 0 Å². The number of aryl methyl sites for hydroxylation is 1. The van der Waals surface area contributed by atoms with Gasteiger partial charge in [0.05, 0.1) is 4.90 Å². The monoisotopic (exact) mass is 281 g/mol. The Morgan fingerprint density at radius 3 is 2.58 bits per heavy atom. The third kappa shape index (κ3) is 2.60. The quantitative estimate of drug-likeness (QED) is 0.917. The second-order valence-electron chi connectivity index (χ2n) is 5.38. The summed E-state index contributed by atoms with van der Waals surface area (Å²) in [5, 5.41) is 3.25. The second-order valence-corrected chi connectivity index (χ2v) is 6.51. The third-order valence-corrected chi connectivity index (χ3v) is 5.11. The molecule has 5 heteroatoms. The number of rotatable bonds is 3. The maximum atomic E-state index is 12.2. The van der Waals surface area contributed by atoms with Gasteiger partial charge in [-0.1, -0.05) is 17.7 Å². The summed E-state index contributed by atoms with van der Waals surface area (Å²) in [6.45, 7) is 4.50. The lowest BCUT2D eigenvalue weighted by Gasteiger charge is -2.51. The van der Waals surface area contributed by atoms with Gasteiger partial charge < -0.3 is 4.74 Å². The first kappa shape index (κ1) is 13.2. The SMILES string of the molecule is Cc1ccc(S(=O)OC2NCC23CCOCC3)cc1. The summed E-state index contributed by atoms with van der Waals surface area (Å²) in [5.74, 6) is 0. The van der Waals surface area contributed by atoms with Crippen LogP contribution in [-0.4, -0.2) is 30.2 Å². The highest BCUT2D eigenvalue weighted by atomic mass is 32.2. The Kier molecular flexibility index (Phi) is 3.71. The largest absolute Gasteiger partial charge is 0.381 e. The third-order valence-electron chi connectivity index (χ3n) is 4.08. The van der Waals surface area contributed by atoms with Crippen LogP contribution in [-0.2, 0) is 20.0 Å². The van der Waals surface area contributed by atoms with Crippen molar-refractivity contribution in [2.45, 2.75) is 30.9 Å². The lowest BCUT2D eigenvalue weighted by Crippen LogP contribution is -2.65. The molecule has 4 nitrogen and oxygen atoms in total. The van der Waals surface area contributed by atoms with Gasteiger partial charge in [0.1, 0.15) is 6.23 Å². The molecule has 0 aromatic heterocycles. The van der Waals surface area contributed by atoms with Crippen molar-refractivity contribution in [3.63, 3.8) is 0 Å². The predicted octanol–water partition coefficient (Wildman–Crippen LogP) is 1.76. The minimum Gasteiger partial charge on any atom is -0.381 e. The molecule has 0 aliphatic carbocycles. The molecule has 2 atom stereocenters. The van der Waals surface area contributed by atoms with E-state index in [0.717, 1.165) is 43.1 Å². The van der Waals surface area contributed by atoms with Crippen LogP contribution in [0.15, 0.2) is 29.2 Å². The maximum Gasteiger partial charge on any atom is 0.190 e. The van der Waals surface area contributed by atoms with Crippen LogP contribution >= 0.6 is 0 Å². The van der Waals surface area contributed by atoms with Crippen LogP contribution in [0.1, 0.15) is 18.4 Å². The van der Waals surface area contributed by atoms with Crippen LogP contribution in [0.4, 0.5) is 0 Å². The van der Waals surface area contributed by atoms with Gasteiger partial charge in [-0.25, -0.2) is 4.21 Å². The van der Waals surface area contributed by atoms with Crippen molar-refractivity contribution in [1.82, 2.24) is 5.32 Å². The number of ether oxygens (including phenoxy) is 1. The Labute approximate surface area is 116 Å². The molecule has 1 aromatic carbocycles. The summed E-state index contributed by atoms with van der Waals surface area (Å²) < 4.78 is 23.3. The Morgan fingerprint density at radius 2 is 2.00 bits per heavy atom. The Bertz CT molecular complexity index is 468. The summed E-state index contributed by atoms with van der Waals surface area (Å²) in [7, 11) is 0. The van der Waals surface area contributed by atoms with Gasteiger partial charge in [-0.05, 0) is 31.9 Å². The van der Waals surface area contributed by atoms with Crippen LogP contribution in [0.25, 0.3) is 0 Å². The fourth-order valence-corrected chi connectivity index (χ4v) is 3.54. The van der Waals surface area contributed by atoms with E-state index in [4.69, 9.17) is 8.92 Å². The molecule has 2 saturated heterocycles. The lowest BCUT2D eigenvalue weighted by molar-refractivity contribution is -0.113. The molecule has 19 heavy (non-hydrogen) atoms. The van der Waals surface area contributed by atoms with Gasteiger partial charge in [0, 0.05) is 25.2 Å². The highest BCUT2D eigenvalue weighted by Crippen LogP contribution is 2.40. The normalized spacial score (nSPS) is 26.9. The number of benzene rings is 1. The molecule has 0 radical (unpaired) electrons. The summed E-state index contributed by atoms with van der Waals surface area (Å²) >= 11 is -1.40. The van der Waals surface area contributed by atoms with Crippen LogP contribution in [0.3, 0.4) is 0 Å². The van der Waals surface area contributed by atoms with Gasteiger partial charge in [-0.2, -0.15) is 0 Å². The van der Waals surface area contributed by atoms with Crippen molar-refractivity contribution < 1.29 is 13.1 Å². The molecular formula is C14H19NO3S. The summed E-state index contributed by atoms with van der Waals surface area (Å²) in [4.78, 5) is 0.724. The molecular weight excluding hydrogens is 262 g/mol. The smallest absolute Gasteiger partial charge is 0.190 e. The zero-order chi connectivity index (χ0) is 13.3. The molecule has 2 unspecified atom stereocenters. The van der Waals surface area contributed by atoms with Crippen LogP contribution in [0, 0.1) is 12.3 Å². The van der Waals surface area contributed by atoms with Crippen molar-refractivity contribution in [2.24, 2.45) is 5.41 Å². The fourth-order valence-electron chi connectivity index (χ4n) is 2.62. The molecule has 2 aliphatic rings. The number of hydrogen-bond donors (Lipinski definition) is 1. The molecule has 3 rings (SSSR count). The Hall–Kier alpha value is -0.750. The van der Waals surface area contributed by atoms with Crippen molar-refractivity contribution in [3.05, 3.63) is 29.8 Å². The minimum atomic E-state index is -1.40. The molecule has 1 aromatic rings. The Morgan fingerprint density at radius 1 is 1.32 bits per heavy atom. The zero-order valence-electron chi connectivity index (χ0n) is 11.1. The van der Waals surface area contributed by atoms with Gasteiger partial charge in [-0.3, -0.25) is 9.50 Å². The van der Waals surface area contributed by atoms with E-state index in [9.17, 15) is 4.21 Å². The van der Waals surface area contributed by atoms with Gasteiger partial charge >= 0.3 is 0 Å². The highest BCUT2D eigenvalue weighted by Gasteiger charge is 2.49. The molecule has 0 amide bonds. The van der Waals surface area contributed by atoms with E-state index in [1.165, 1.54) is 0 Å². The van der Waals surface area contributed by atoms with E-state index in [1.54, 1.807) is 0 Å². The van der Waals surface area contributed by atoms with E-state index in [0.29, 0.717) is 0 Å². The molecule has 1 spiro atoms. The molecule has 1 N–H and O–H groups in total. The Balaban J connectivity index is 1.65. The van der Waals surface area contributed by atoms with Gasteiger partial charge in [0.15, 0.2) is 11.1 Å². The fraction of sp³-hybridized carbons (Fsp3) is 0.571. The molecule has 104 valence electrons. The van der Waals surface area contributed by atoms with Crippen molar-refractivity contribution in [3.8, 4) is 0 Å². The number of nitrogens with one attached hydrogen (secondary N) is 1. The first-order valence-corrected chi connectivity index (χ1v) is 7.74. The lowest BCUT2D eigenvalue weighted by atomic mass is 9.73. The van der Waals surface area contributed by atoms with Gasteiger partial charge in [0.2, 0.25) is 0 Å². The van der Waals surface area contributed by atoms with Crippen molar-refractivity contribution in [2.75, 3.05) is 19.8 Å². The average Bonchev–Trinajstić information content (AvgIpc) is 2.45. The van der Waals surface area contributed by atoms with Gasteiger partial charge in [0.25, 0.3) is 0 Å². The molecule has 0 bridgehead atoms. The van der Waals surface area contributed by atoms with Crippen LogP contribution in [0.5, 0.6) is 0 Å². The number of hydrogen-bond acceptors (Lipinski definition) is 4. The summed E-state index contributed by atoms with van der Waals surface area (Å²) in [6.07, 6.45) is 1.85. The zero-order valence-corrected chi connectivity index (χ0v) is 11.9. The summed E-state index contributed by atoms with van der Waals surface area (Å²) in [6, 6.07) is 7.63. The maximum absolute atomic E-state index is 12.2. The molecule has 2 aliphatic heterocycles. The average molecular weight is 281 g/mol.